The molecule has 0 aromatic carbocycles. The van der Waals surface area contributed by atoms with Crippen LogP contribution in [0.15, 0.2) is 0 Å². The van der Waals surface area contributed by atoms with Crippen LogP contribution in [0.3, 0.4) is 0 Å². The number of rotatable bonds is 4. The maximum absolute atomic E-state index is 15.3. The van der Waals surface area contributed by atoms with Gasteiger partial charge in [-0.3, -0.25) is 0 Å². The molecule has 0 aromatic rings. The summed E-state index contributed by atoms with van der Waals surface area (Å²) in [7, 11) is 0. The Labute approximate surface area is 161 Å². The molecule has 0 amide bonds. The van der Waals surface area contributed by atoms with Gasteiger partial charge in [0.15, 0.2) is 0 Å². The zero-order chi connectivity index (χ0) is 21.8. The normalized spacial score (nSPS) is 21.5. The molecule has 0 aliphatic heterocycles. The zero-order valence-corrected chi connectivity index (χ0v) is 21.8. The van der Waals surface area contributed by atoms with Crippen molar-refractivity contribution >= 4 is 0 Å². The molecule has 0 heterocycles. The van der Waals surface area contributed by atoms with Crippen molar-refractivity contribution in [1.29, 1.82) is 0 Å². The summed E-state index contributed by atoms with van der Waals surface area (Å²) in [6.45, 7) is 20.7. The third-order valence-electron chi connectivity index (χ3n) is 4.87. The van der Waals surface area contributed by atoms with E-state index in [2.05, 4.69) is 0 Å². The molecule has 5 nitrogen and oxygen atoms in total. The van der Waals surface area contributed by atoms with Crippen molar-refractivity contribution in [2.24, 2.45) is 21.7 Å². The zero-order valence-electron chi connectivity index (χ0n) is 18.9. The van der Waals surface area contributed by atoms with E-state index in [4.69, 9.17) is 0 Å². The van der Waals surface area contributed by atoms with Gasteiger partial charge in [-0.25, -0.2) is 0 Å². The van der Waals surface area contributed by atoms with Gasteiger partial charge in [0.25, 0.3) is 0 Å². The molecule has 4 atom stereocenters. The predicted octanol–water partition coefficient (Wildman–Crippen LogP) is 3.48. The van der Waals surface area contributed by atoms with Crippen LogP contribution in [0.25, 0.3) is 0 Å². The number of hydrogen-bond donors (Lipinski definition) is 4. The molecule has 0 aliphatic carbocycles. The Morgan fingerprint density at radius 1 is 0.462 bits per heavy atom. The summed E-state index contributed by atoms with van der Waals surface area (Å²) in [6, 6.07) is 0. The quantitative estimate of drug-likeness (QED) is 0.432. The molecule has 0 fully saturated rings. The van der Waals surface area contributed by atoms with E-state index >= 15 is 3.40 Å². The second kappa shape index (κ2) is 6.98. The van der Waals surface area contributed by atoms with E-state index in [0.29, 0.717) is 0 Å². The topological polar surface area (TPSA) is 98.0 Å². The molecule has 0 aromatic heterocycles. The summed E-state index contributed by atoms with van der Waals surface area (Å²) >= 11 is -6.51. The second-order valence-corrected chi connectivity index (χ2v) is 27.1. The first-order valence-electron chi connectivity index (χ1n) is 9.30. The molecule has 160 valence electrons. The van der Waals surface area contributed by atoms with Gasteiger partial charge in [0, 0.05) is 0 Å². The van der Waals surface area contributed by atoms with Gasteiger partial charge in [0.05, 0.1) is 0 Å². The summed E-state index contributed by atoms with van der Waals surface area (Å²) in [5.74, 6) is 0. The Kier molecular flexibility index (Phi) is 7.07. The average molecular weight is 548 g/mol. The molecule has 0 saturated heterocycles. The minimum atomic E-state index is -6.51. The van der Waals surface area contributed by atoms with Crippen LogP contribution in [0.2, 0.25) is 0 Å². The Morgan fingerprint density at radius 2 is 0.577 bits per heavy atom. The summed E-state index contributed by atoms with van der Waals surface area (Å²) < 4.78 is 9.22. The van der Waals surface area contributed by atoms with Crippen LogP contribution in [-0.4, -0.2) is 38.4 Å². The third kappa shape index (κ3) is 4.17. The summed E-state index contributed by atoms with van der Waals surface area (Å²) in [5.41, 5.74) is -3.57. The number of aliphatic hydroxyl groups is 4. The van der Waals surface area contributed by atoms with E-state index in [1.807, 2.05) is 0 Å². The van der Waals surface area contributed by atoms with E-state index < -0.39 is 54.4 Å². The first-order valence-corrected chi connectivity index (χ1v) is 17.3. The summed E-state index contributed by atoms with van der Waals surface area (Å²) in [5, 5.41) is 45.8. The third-order valence-corrected chi connectivity index (χ3v) is 28.8. The van der Waals surface area contributed by atoms with Crippen LogP contribution in [0.4, 0.5) is 0 Å². The molecule has 0 bridgehead atoms. The van der Waals surface area contributed by atoms with Gasteiger partial charge >= 0.3 is 161 Å². The first kappa shape index (κ1) is 26.3. The van der Waals surface area contributed by atoms with Gasteiger partial charge in [0.1, 0.15) is 0 Å². The Balaban J connectivity index is 7.48. The van der Waals surface area contributed by atoms with Crippen LogP contribution < -0.4 is 0 Å². The van der Waals surface area contributed by atoms with Gasteiger partial charge in [-0.05, 0) is 0 Å². The van der Waals surface area contributed by atoms with E-state index in [1.165, 1.54) is 0 Å². The molecule has 0 radical (unpaired) electrons. The average Bonchev–Trinajstić information content (AvgIpc) is 2.39. The minimum absolute atomic E-state index is 0.892. The van der Waals surface area contributed by atoms with Crippen LogP contribution in [0, 0.1) is 21.7 Å². The van der Waals surface area contributed by atoms with Crippen molar-refractivity contribution in [3.8, 4) is 0 Å². The fraction of sp³-hybridized carbons (Fsp3) is 1.00. The Bertz CT molecular complexity index is 453. The number of aliphatic hydroxyl groups excluding tert-OH is 4. The monoisotopic (exact) mass is 548 g/mol. The van der Waals surface area contributed by atoms with Gasteiger partial charge < -0.3 is 0 Å². The Hall–Kier alpha value is 0.328. The fourth-order valence-corrected chi connectivity index (χ4v) is 30.8. The first-order chi connectivity index (χ1) is 10.9. The van der Waals surface area contributed by atoms with Crippen LogP contribution in [-0.2, 0) is 18.2 Å². The molecule has 4 unspecified atom stereocenters. The maximum atomic E-state index is 15.3. The van der Waals surface area contributed by atoms with Gasteiger partial charge in [-0.2, -0.15) is 0 Å². The van der Waals surface area contributed by atoms with Crippen molar-refractivity contribution in [3.05, 3.63) is 0 Å². The molecule has 0 saturated carbocycles. The predicted molar refractivity (Wildman–Crippen MR) is 103 cm³/mol. The molecule has 6 heteroatoms. The Morgan fingerprint density at radius 3 is 0.654 bits per heavy atom. The van der Waals surface area contributed by atoms with Crippen molar-refractivity contribution in [2.75, 3.05) is 0 Å². The second-order valence-electron chi connectivity index (χ2n) is 12.1. The standard InChI is InChI=1S/4C5H11O.O.W/c4*1-5(2,3)4-6;;/h4*4,6H,1-3H3;;. The molecular formula is C20H44O5W. The van der Waals surface area contributed by atoms with Gasteiger partial charge in [0.2, 0.25) is 0 Å². The van der Waals surface area contributed by atoms with Gasteiger partial charge in [-0.1, -0.05) is 0 Å². The fourth-order valence-electron chi connectivity index (χ4n) is 3.76. The van der Waals surface area contributed by atoms with Crippen molar-refractivity contribution < 1.29 is 38.6 Å². The van der Waals surface area contributed by atoms with E-state index in [1.54, 1.807) is 83.1 Å². The van der Waals surface area contributed by atoms with E-state index in [-0.39, 0.29) is 0 Å². The van der Waals surface area contributed by atoms with Crippen LogP contribution >= 0.6 is 0 Å². The van der Waals surface area contributed by atoms with Crippen molar-refractivity contribution in [1.82, 2.24) is 0 Å². The number of hydrogen-bond acceptors (Lipinski definition) is 5. The van der Waals surface area contributed by atoms with Crippen LogP contribution in [0.5, 0.6) is 0 Å². The molecule has 26 heavy (non-hydrogen) atoms. The molecule has 0 spiro atoms. The van der Waals surface area contributed by atoms with Crippen molar-refractivity contribution in [3.63, 3.8) is 0 Å². The SMILES string of the molecule is CC(C)(C)[CH](O)[W](=[O])([CH](O)C(C)(C)C)([CH](O)C(C)(C)C)[CH](O)C(C)(C)C. The van der Waals surface area contributed by atoms with Crippen LogP contribution in [0.1, 0.15) is 83.1 Å². The van der Waals surface area contributed by atoms with E-state index in [9.17, 15) is 20.4 Å². The molecule has 0 rings (SSSR count). The van der Waals surface area contributed by atoms with E-state index in [0.717, 1.165) is 0 Å². The van der Waals surface area contributed by atoms with Gasteiger partial charge in [-0.15, -0.1) is 0 Å². The molecular weight excluding hydrogens is 504 g/mol. The summed E-state index contributed by atoms with van der Waals surface area (Å²) in [4.78, 5) is 0. The molecule has 4 N–H and O–H groups in total. The molecule has 0 aliphatic rings. The van der Waals surface area contributed by atoms with Crippen molar-refractivity contribution in [2.45, 2.75) is 101 Å². The summed E-state index contributed by atoms with van der Waals surface area (Å²) in [6.07, 6.45) is 0.